The number of ether oxygens (including phenoxy) is 1. The van der Waals surface area contributed by atoms with Crippen LogP contribution in [0.2, 0.25) is 5.02 Å². The van der Waals surface area contributed by atoms with Gasteiger partial charge in [0.2, 0.25) is 11.7 Å². The average Bonchev–Trinajstić information content (AvgIpc) is 3.39. The lowest BCUT2D eigenvalue weighted by Gasteiger charge is -2.37. The van der Waals surface area contributed by atoms with Gasteiger partial charge in [0.05, 0.1) is 41.6 Å². The Morgan fingerprint density at radius 2 is 1.76 bits per heavy atom. The number of hydrogen-bond donors (Lipinski definition) is 2. The van der Waals surface area contributed by atoms with E-state index in [1.807, 2.05) is 19.0 Å². The third-order valence-corrected chi connectivity index (χ3v) is 8.17. The SMILES string of the molecule is COc1ccc(-c2cnc(C(=O)Nc3ccc(C(=O)N4CCN(C(=O)C(CCN(C)C)C(C)O)CC4)c(Cl)c3)n2C)c(F)c1F. The Labute approximate surface area is 265 Å². The van der Waals surface area contributed by atoms with Crippen molar-refractivity contribution in [1.29, 1.82) is 0 Å². The number of methoxy groups -OCH3 is 1. The van der Waals surface area contributed by atoms with E-state index in [1.165, 1.54) is 55.3 Å². The topological polar surface area (TPSA) is 120 Å². The maximum Gasteiger partial charge on any atom is 0.291 e. The number of rotatable bonds is 10. The average molecular weight is 647 g/mol. The summed E-state index contributed by atoms with van der Waals surface area (Å²) in [6.07, 6.45) is 1.01. The molecule has 2 aromatic carbocycles. The van der Waals surface area contributed by atoms with E-state index in [1.54, 1.807) is 16.7 Å². The summed E-state index contributed by atoms with van der Waals surface area (Å²) in [7, 11) is 6.54. The Bertz CT molecular complexity index is 1570. The molecule has 1 saturated heterocycles. The van der Waals surface area contributed by atoms with Crippen molar-refractivity contribution >= 4 is 35.0 Å². The number of aliphatic hydroxyl groups is 1. The summed E-state index contributed by atoms with van der Waals surface area (Å²) in [5.41, 5.74) is 0.615. The molecule has 242 valence electrons. The van der Waals surface area contributed by atoms with Crippen LogP contribution in [0.5, 0.6) is 5.75 Å². The number of aliphatic hydroxyl groups excluding tert-OH is 1. The third kappa shape index (κ3) is 7.43. The second-order valence-corrected chi connectivity index (χ2v) is 11.6. The number of amides is 3. The summed E-state index contributed by atoms with van der Waals surface area (Å²) in [6, 6.07) is 7.08. The predicted octanol–water partition coefficient (Wildman–Crippen LogP) is 3.51. The molecule has 14 heteroatoms. The van der Waals surface area contributed by atoms with Crippen LogP contribution in [-0.4, -0.2) is 107 Å². The van der Waals surface area contributed by atoms with Gasteiger partial charge in [0.1, 0.15) is 0 Å². The molecule has 1 aliphatic rings. The fraction of sp³-hybridized carbons (Fsp3) is 0.419. The molecule has 0 bridgehead atoms. The van der Waals surface area contributed by atoms with Crippen molar-refractivity contribution in [3.8, 4) is 17.0 Å². The molecule has 2 N–H and O–H groups in total. The molecule has 3 aromatic rings. The Hall–Kier alpha value is -4.07. The molecule has 4 rings (SSSR count). The number of nitrogens with zero attached hydrogens (tertiary/aromatic N) is 5. The summed E-state index contributed by atoms with van der Waals surface area (Å²) in [4.78, 5) is 48.7. The summed E-state index contributed by atoms with van der Waals surface area (Å²) in [6.45, 7) is 3.56. The molecule has 1 fully saturated rings. The summed E-state index contributed by atoms with van der Waals surface area (Å²) in [5, 5.41) is 13.0. The molecule has 2 unspecified atom stereocenters. The van der Waals surface area contributed by atoms with Gasteiger partial charge >= 0.3 is 0 Å². The highest BCUT2D eigenvalue weighted by molar-refractivity contribution is 6.34. The molecule has 45 heavy (non-hydrogen) atoms. The Balaban J connectivity index is 1.39. The normalized spacial score (nSPS) is 14.8. The predicted molar refractivity (Wildman–Crippen MR) is 165 cm³/mol. The van der Waals surface area contributed by atoms with Crippen LogP contribution in [0.4, 0.5) is 14.5 Å². The van der Waals surface area contributed by atoms with Crippen LogP contribution in [0.1, 0.15) is 34.3 Å². The zero-order valence-corrected chi connectivity index (χ0v) is 26.6. The molecule has 2 atom stereocenters. The van der Waals surface area contributed by atoms with Gasteiger partial charge in [-0.2, -0.15) is 4.39 Å². The van der Waals surface area contributed by atoms with E-state index in [0.717, 1.165) is 0 Å². The van der Waals surface area contributed by atoms with Crippen molar-refractivity contribution in [2.45, 2.75) is 19.4 Å². The maximum absolute atomic E-state index is 14.7. The van der Waals surface area contributed by atoms with Gasteiger partial charge in [0.15, 0.2) is 17.4 Å². The first-order valence-corrected chi connectivity index (χ1v) is 14.8. The summed E-state index contributed by atoms with van der Waals surface area (Å²) >= 11 is 6.46. The van der Waals surface area contributed by atoms with E-state index >= 15 is 0 Å². The second kappa shape index (κ2) is 14.4. The molecule has 11 nitrogen and oxygen atoms in total. The quantitative estimate of drug-likeness (QED) is 0.346. The van der Waals surface area contributed by atoms with Crippen LogP contribution in [0, 0.1) is 17.6 Å². The largest absolute Gasteiger partial charge is 0.494 e. The van der Waals surface area contributed by atoms with Crippen molar-refractivity contribution < 1.29 is 33.0 Å². The first-order chi connectivity index (χ1) is 21.3. The highest BCUT2D eigenvalue weighted by atomic mass is 35.5. The number of imidazole rings is 1. The van der Waals surface area contributed by atoms with Gasteiger partial charge in [-0.25, -0.2) is 9.37 Å². The summed E-state index contributed by atoms with van der Waals surface area (Å²) in [5.74, 6) is -4.18. The van der Waals surface area contributed by atoms with Crippen LogP contribution < -0.4 is 10.1 Å². The van der Waals surface area contributed by atoms with Gasteiger partial charge in [-0.1, -0.05) is 11.6 Å². The van der Waals surface area contributed by atoms with Crippen molar-refractivity contribution in [3.05, 3.63) is 64.6 Å². The first-order valence-electron chi connectivity index (χ1n) is 14.4. The van der Waals surface area contributed by atoms with E-state index in [0.29, 0.717) is 44.8 Å². The van der Waals surface area contributed by atoms with E-state index in [4.69, 9.17) is 16.3 Å². The Morgan fingerprint density at radius 3 is 2.36 bits per heavy atom. The number of aromatic nitrogens is 2. The minimum atomic E-state index is -1.15. The van der Waals surface area contributed by atoms with Gasteiger partial charge < -0.3 is 34.4 Å². The maximum atomic E-state index is 14.7. The number of anilines is 1. The minimum Gasteiger partial charge on any atom is -0.494 e. The molecule has 0 saturated carbocycles. The van der Waals surface area contributed by atoms with Gasteiger partial charge in [-0.05, 0) is 64.3 Å². The molecular weight excluding hydrogens is 610 g/mol. The summed E-state index contributed by atoms with van der Waals surface area (Å²) < 4.78 is 35.0. The Kier molecular flexibility index (Phi) is 10.8. The third-order valence-electron chi connectivity index (χ3n) is 7.86. The van der Waals surface area contributed by atoms with Crippen LogP contribution in [0.15, 0.2) is 36.5 Å². The first kappa shape index (κ1) is 33.8. The lowest BCUT2D eigenvalue weighted by atomic mass is 9.97. The van der Waals surface area contributed by atoms with Crippen LogP contribution in [0.3, 0.4) is 0 Å². The zero-order chi connectivity index (χ0) is 33.0. The van der Waals surface area contributed by atoms with Crippen LogP contribution in [0.25, 0.3) is 11.3 Å². The van der Waals surface area contributed by atoms with E-state index in [-0.39, 0.29) is 45.2 Å². The van der Waals surface area contributed by atoms with Gasteiger partial charge in [0, 0.05) is 44.5 Å². The van der Waals surface area contributed by atoms with Crippen molar-refractivity contribution in [3.63, 3.8) is 0 Å². The number of halogens is 3. The van der Waals surface area contributed by atoms with Crippen molar-refractivity contribution in [2.24, 2.45) is 13.0 Å². The highest BCUT2D eigenvalue weighted by Crippen LogP contribution is 2.30. The Morgan fingerprint density at radius 1 is 1.09 bits per heavy atom. The van der Waals surface area contributed by atoms with Crippen molar-refractivity contribution in [1.82, 2.24) is 24.3 Å². The number of piperazine rings is 1. The molecular formula is C31H37ClF2N6O5. The van der Waals surface area contributed by atoms with Gasteiger partial charge in [0.25, 0.3) is 11.8 Å². The molecule has 1 aliphatic heterocycles. The standard InChI is InChI=1S/C31H37ClF2N6O5/c1-18(41)20(10-11-37(2)3)30(43)39-12-14-40(15-13-39)31(44)21-7-6-19(16-23(21)32)36-29(42)28-35-17-24(38(28)4)22-8-9-25(45-5)27(34)26(22)33/h6-9,16-18,20,41H,10-15H2,1-5H3,(H,36,42). The molecule has 0 spiro atoms. The lowest BCUT2D eigenvalue weighted by molar-refractivity contribution is -0.140. The fourth-order valence-electron chi connectivity index (χ4n) is 5.21. The van der Waals surface area contributed by atoms with E-state index in [2.05, 4.69) is 10.3 Å². The fourth-order valence-corrected chi connectivity index (χ4v) is 5.48. The number of carbonyl (C=O) groups is 3. The van der Waals surface area contributed by atoms with Gasteiger partial charge in [-0.3, -0.25) is 14.4 Å². The van der Waals surface area contributed by atoms with Crippen molar-refractivity contribution in [2.75, 3.05) is 59.2 Å². The van der Waals surface area contributed by atoms with Crippen LogP contribution in [-0.2, 0) is 11.8 Å². The molecule has 0 radical (unpaired) electrons. The number of hydrogen-bond acceptors (Lipinski definition) is 7. The minimum absolute atomic E-state index is 0.0659. The lowest BCUT2D eigenvalue weighted by Crippen LogP contribution is -2.53. The zero-order valence-electron chi connectivity index (χ0n) is 25.8. The highest BCUT2D eigenvalue weighted by Gasteiger charge is 2.32. The number of carbonyl (C=O) groups excluding carboxylic acids is 3. The molecule has 1 aromatic heterocycles. The monoisotopic (exact) mass is 646 g/mol. The number of benzene rings is 2. The van der Waals surface area contributed by atoms with E-state index in [9.17, 15) is 28.3 Å². The second-order valence-electron chi connectivity index (χ2n) is 11.2. The van der Waals surface area contributed by atoms with Gasteiger partial charge in [-0.15, -0.1) is 0 Å². The molecule has 0 aliphatic carbocycles. The number of nitrogens with one attached hydrogen (secondary N) is 1. The smallest absolute Gasteiger partial charge is 0.291 e. The van der Waals surface area contributed by atoms with E-state index < -0.39 is 29.6 Å². The molecule has 2 heterocycles. The van der Waals surface area contributed by atoms with Crippen LogP contribution >= 0.6 is 11.6 Å². The molecule has 3 amide bonds.